The summed E-state index contributed by atoms with van der Waals surface area (Å²) < 4.78 is 5.14. The molecule has 0 amide bonds. The third-order valence-electron chi connectivity index (χ3n) is 2.83. The van der Waals surface area contributed by atoms with Crippen molar-refractivity contribution in [1.29, 1.82) is 0 Å². The predicted molar refractivity (Wildman–Crippen MR) is 72.4 cm³/mol. The molecule has 0 unspecified atom stereocenters. The smallest absolute Gasteiger partial charge is 0.363 e. The van der Waals surface area contributed by atoms with Gasteiger partial charge in [-0.3, -0.25) is 10.1 Å². The molecular weight excluding hydrogens is 260 g/mol. The molecule has 0 fully saturated rings. The molecule has 6 heteroatoms. The standard InChI is InChI=1S/C14H8N2O4/c17-14-13(9-4-2-1-3-5-9)15-11-8-10(16(18)19)6-7-12(11)20-14/h1-8H. The van der Waals surface area contributed by atoms with Crippen LogP contribution in [-0.4, -0.2) is 9.91 Å². The molecule has 0 radical (unpaired) electrons. The quantitative estimate of drug-likeness (QED) is 0.527. The third-order valence-corrected chi connectivity index (χ3v) is 2.83. The average molecular weight is 268 g/mol. The van der Waals surface area contributed by atoms with Crippen LogP contribution in [0.5, 0.6) is 0 Å². The van der Waals surface area contributed by atoms with Crippen molar-refractivity contribution in [1.82, 2.24) is 4.98 Å². The number of aromatic nitrogens is 1. The fraction of sp³-hybridized carbons (Fsp3) is 0. The van der Waals surface area contributed by atoms with Crippen molar-refractivity contribution in [3.05, 3.63) is 69.1 Å². The van der Waals surface area contributed by atoms with E-state index in [0.717, 1.165) is 0 Å². The Morgan fingerprint density at radius 1 is 1.10 bits per heavy atom. The molecule has 0 atom stereocenters. The number of nitro benzene ring substituents is 1. The molecule has 3 rings (SSSR count). The van der Waals surface area contributed by atoms with E-state index in [9.17, 15) is 14.9 Å². The van der Waals surface area contributed by atoms with Gasteiger partial charge in [-0.1, -0.05) is 30.3 Å². The van der Waals surface area contributed by atoms with Gasteiger partial charge in [-0.2, -0.15) is 0 Å². The zero-order valence-corrected chi connectivity index (χ0v) is 10.1. The molecule has 6 nitrogen and oxygen atoms in total. The van der Waals surface area contributed by atoms with Crippen LogP contribution in [0.2, 0.25) is 0 Å². The number of nitro groups is 1. The second-order valence-electron chi connectivity index (χ2n) is 4.13. The lowest BCUT2D eigenvalue weighted by Gasteiger charge is -2.01. The summed E-state index contributed by atoms with van der Waals surface area (Å²) in [5.41, 5.74) is 0.571. The van der Waals surface area contributed by atoms with E-state index in [1.165, 1.54) is 18.2 Å². The van der Waals surface area contributed by atoms with E-state index in [-0.39, 0.29) is 22.5 Å². The van der Waals surface area contributed by atoms with Crippen molar-refractivity contribution in [3.8, 4) is 11.3 Å². The van der Waals surface area contributed by atoms with Gasteiger partial charge >= 0.3 is 5.63 Å². The summed E-state index contributed by atoms with van der Waals surface area (Å²) in [6, 6.07) is 12.7. The van der Waals surface area contributed by atoms with Gasteiger partial charge in [0.15, 0.2) is 11.3 Å². The van der Waals surface area contributed by atoms with Gasteiger partial charge in [0, 0.05) is 17.7 Å². The summed E-state index contributed by atoms with van der Waals surface area (Å²) in [5.74, 6) is 0. The van der Waals surface area contributed by atoms with Crippen LogP contribution in [0.4, 0.5) is 5.69 Å². The van der Waals surface area contributed by atoms with Crippen molar-refractivity contribution in [2.75, 3.05) is 0 Å². The summed E-state index contributed by atoms with van der Waals surface area (Å²) in [4.78, 5) is 26.3. The van der Waals surface area contributed by atoms with E-state index in [4.69, 9.17) is 4.42 Å². The molecule has 0 saturated heterocycles. The molecule has 20 heavy (non-hydrogen) atoms. The first kappa shape index (κ1) is 12.0. The highest BCUT2D eigenvalue weighted by molar-refractivity contribution is 5.77. The lowest BCUT2D eigenvalue weighted by molar-refractivity contribution is -0.384. The summed E-state index contributed by atoms with van der Waals surface area (Å²) in [6.45, 7) is 0. The SMILES string of the molecule is O=c1oc2ccc([N+](=O)[O-])cc2nc1-c1ccccc1. The van der Waals surface area contributed by atoms with Gasteiger partial charge in [-0.15, -0.1) is 0 Å². The predicted octanol–water partition coefficient (Wildman–Crippen LogP) is 2.76. The molecular formula is C14H8N2O4. The molecule has 1 aromatic heterocycles. The molecule has 0 bridgehead atoms. The van der Waals surface area contributed by atoms with Crippen LogP contribution in [0.15, 0.2) is 57.7 Å². The van der Waals surface area contributed by atoms with E-state index in [2.05, 4.69) is 4.98 Å². The van der Waals surface area contributed by atoms with Crippen LogP contribution in [0.3, 0.4) is 0 Å². The minimum atomic E-state index is -0.572. The van der Waals surface area contributed by atoms with E-state index in [1.807, 2.05) is 6.07 Å². The first-order chi connectivity index (χ1) is 9.65. The van der Waals surface area contributed by atoms with Crippen molar-refractivity contribution in [2.24, 2.45) is 0 Å². The summed E-state index contributed by atoms with van der Waals surface area (Å²) in [5, 5.41) is 10.8. The molecule has 3 aromatic rings. The molecule has 1 heterocycles. The van der Waals surface area contributed by atoms with Crippen LogP contribution in [0.1, 0.15) is 0 Å². The van der Waals surface area contributed by atoms with E-state index >= 15 is 0 Å². The largest absolute Gasteiger partial charge is 0.419 e. The number of hydrogen-bond acceptors (Lipinski definition) is 5. The van der Waals surface area contributed by atoms with E-state index < -0.39 is 10.5 Å². The Hall–Kier alpha value is -3.02. The normalized spacial score (nSPS) is 10.6. The molecule has 0 spiro atoms. The number of hydrogen-bond donors (Lipinski definition) is 0. The van der Waals surface area contributed by atoms with Gasteiger partial charge in [-0.25, -0.2) is 9.78 Å². The summed E-state index contributed by atoms with van der Waals surface area (Å²) in [7, 11) is 0. The first-order valence-corrected chi connectivity index (χ1v) is 5.80. The number of nitrogens with zero attached hydrogens (tertiary/aromatic N) is 2. The number of rotatable bonds is 2. The van der Waals surface area contributed by atoms with Crippen molar-refractivity contribution >= 4 is 16.8 Å². The van der Waals surface area contributed by atoms with Crippen LogP contribution >= 0.6 is 0 Å². The van der Waals surface area contributed by atoms with Crippen LogP contribution in [0, 0.1) is 10.1 Å². The highest BCUT2D eigenvalue weighted by Crippen LogP contribution is 2.21. The van der Waals surface area contributed by atoms with Crippen molar-refractivity contribution < 1.29 is 9.34 Å². The number of non-ortho nitro benzene ring substituents is 1. The minimum Gasteiger partial charge on any atom is -0.419 e. The Balaban J connectivity index is 2.26. The Labute approximate surface area is 112 Å². The zero-order chi connectivity index (χ0) is 14.1. The molecule has 2 aromatic carbocycles. The first-order valence-electron chi connectivity index (χ1n) is 5.80. The Bertz CT molecular complexity index is 856. The Morgan fingerprint density at radius 3 is 2.55 bits per heavy atom. The number of fused-ring (bicyclic) bond motifs is 1. The van der Waals surface area contributed by atoms with Crippen molar-refractivity contribution in [3.63, 3.8) is 0 Å². The zero-order valence-electron chi connectivity index (χ0n) is 10.1. The highest BCUT2D eigenvalue weighted by Gasteiger charge is 2.12. The second kappa shape index (κ2) is 4.58. The molecule has 0 aliphatic carbocycles. The average Bonchev–Trinajstić information content (AvgIpc) is 2.47. The lowest BCUT2D eigenvalue weighted by Crippen LogP contribution is -2.06. The molecule has 0 saturated carbocycles. The Kier molecular flexibility index (Phi) is 2.76. The van der Waals surface area contributed by atoms with Gasteiger partial charge < -0.3 is 4.42 Å². The fourth-order valence-corrected chi connectivity index (χ4v) is 1.89. The highest BCUT2D eigenvalue weighted by atomic mass is 16.6. The van der Waals surface area contributed by atoms with E-state index in [0.29, 0.717) is 5.56 Å². The minimum absolute atomic E-state index is 0.0992. The van der Waals surface area contributed by atoms with Gasteiger partial charge in [0.1, 0.15) is 5.52 Å². The summed E-state index contributed by atoms with van der Waals surface area (Å²) in [6.07, 6.45) is 0. The van der Waals surface area contributed by atoms with Crippen LogP contribution in [0.25, 0.3) is 22.4 Å². The second-order valence-corrected chi connectivity index (χ2v) is 4.13. The van der Waals surface area contributed by atoms with Gasteiger partial charge in [0.05, 0.1) is 4.92 Å². The van der Waals surface area contributed by atoms with Crippen LogP contribution in [-0.2, 0) is 0 Å². The molecule has 98 valence electrons. The topological polar surface area (TPSA) is 86.2 Å². The van der Waals surface area contributed by atoms with Gasteiger partial charge in [0.25, 0.3) is 5.69 Å². The van der Waals surface area contributed by atoms with Gasteiger partial charge in [-0.05, 0) is 6.07 Å². The van der Waals surface area contributed by atoms with E-state index in [1.54, 1.807) is 24.3 Å². The van der Waals surface area contributed by atoms with Gasteiger partial charge in [0.2, 0.25) is 0 Å². The number of benzene rings is 2. The maximum absolute atomic E-state index is 11.9. The Morgan fingerprint density at radius 2 is 1.85 bits per heavy atom. The summed E-state index contributed by atoms with van der Waals surface area (Å²) >= 11 is 0. The maximum Gasteiger partial charge on any atom is 0.363 e. The molecule has 0 aliphatic rings. The van der Waals surface area contributed by atoms with Crippen LogP contribution < -0.4 is 5.63 Å². The lowest BCUT2D eigenvalue weighted by atomic mass is 10.1. The molecule has 0 aliphatic heterocycles. The maximum atomic E-state index is 11.9. The van der Waals surface area contributed by atoms with Crippen molar-refractivity contribution in [2.45, 2.75) is 0 Å². The third kappa shape index (κ3) is 2.03. The monoisotopic (exact) mass is 268 g/mol. The molecule has 0 N–H and O–H groups in total. The fourth-order valence-electron chi connectivity index (χ4n) is 1.89.